The van der Waals surface area contributed by atoms with E-state index in [0.717, 1.165) is 10.4 Å². The summed E-state index contributed by atoms with van der Waals surface area (Å²) in [5.41, 5.74) is 0.636. The number of aromatic nitrogens is 2. The fourth-order valence-electron chi connectivity index (χ4n) is 2.36. The van der Waals surface area contributed by atoms with Crippen molar-refractivity contribution in [2.75, 3.05) is 0 Å². The van der Waals surface area contributed by atoms with Crippen molar-refractivity contribution >= 4 is 21.9 Å². The van der Waals surface area contributed by atoms with Crippen LogP contribution < -0.4 is 0 Å². The van der Waals surface area contributed by atoms with E-state index in [-0.39, 0.29) is 6.42 Å². The summed E-state index contributed by atoms with van der Waals surface area (Å²) in [6, 6.07) is 0. The Hall–Kier alpha value is -0.840. The lowest BCUT2D eigenvalue weighted by atomic mass is 10.1. The molecule has 1 fully saturated rings. The van der Waals surface area contributed by atoms with Crippen LogP contribution >= 0.6 is 15.9 Å². The molecule has 0 atom stereocenters. The van der Waals surface area contributed by atoms with Crippen molar-refractivity contribution in [3.05, 3.63) is 16.1 Å². The van der Waals surface area contributed by atoms with Gasteiger partial charge in [0.1, 0.15) is 10.4 Å². The average molecular weight is 287 g/mol. The van der Waals surface area contributed by atoms with Crippen LogP contribution in [0.2, 0.25) is 0 Å². The predicted molar refractivity (Wildman–Crippen MR) is 63.5 cm³/mol. The Labute approximate surface area is 103 Å². The highest BCUT2D eigenvalue weighted by atomic mass is 79.9. The minimum Gasteiger partial charge on any atom is -0.481 e. The summed E-state index contributed by atoms with van der Waals surface area (Å²) in [6.07, 6.45) is 4.83. The summed E-state index contributed by atoms with van der Waals surface area (Å²) >= 11 is 3.41. The Morgan fingerprint density at radius 1 is 1.56 bits per heavy atom. The number of carboxylic acid groups (broad SMARTS) is 1. The number of aliphatic carboxylic acids is 1. The minimum atomic E-state index is -0.836. The molecule has 16 heavy (non-hydrogen) atoms. The van der Waals surface area contributed by atoms with Gasteiger partial charge in [-0.3, -0.25) is 4.79 Å². The fraction of sp³-hybridized carbons (Fsp3) is 0.636. The van der Waals surface area contributed by atoms with Gasteiger partial charge < -0.3 is 9.67 Å². The van der Waals surface area contributed by atoms with Gasteiger partial charge in [0, 0.05) is 13.0 Å². The summed E-state index contributed by atoms with van der Waals surface area (Å²) < 4.78 is 2.78. The zero-order chi connectivity index (χ0) is 11.7. The second kappa shape index (κ2) is 4.57. The van der Waals surface area contributed by atoms with E-state index in [4.69, 9.17) is 5.11 Å². The Kier molecular flexibility index (Phi) is 3.33. The minimum absolute atomic E-state index is 0.0128. The zero-order valence-corrected chi connectivity index (χ0v) is 10.8. The lowest BCUT2D eigenvalue weighted by molar-refractivity contribution is -0.136. The van der Waals surface area contributed by atoms with E-state index in [0.29, 0.717) is 11.6 Å². The molecule has 1 aromatic rings. The molecule has 1 aromatic heterocycles. The van der Waals surface area contributed by atoms with Crippen molar-refractivity contribution in [2.45, 2.75) is 38.0 Å². The van der Waals surface area contributed by atoms with E-state index in [9.17, 15) is 4.79 Å². The SMILES string of the molecule is Cn1c(C2CCCC2)nc(CC(=O)O)c1Br. The summed E-state index contributed by atoms with van der Waals surface area (Å²) in [4.78, 5) is 15.2. The van der Waals surface area contributed by atoms with Crippen molar-refractivity contribution in [3.63, 3.8) is 0 Å². The van der Waals surface area contributed by atoms with Crippen LogP contribution in [0.3, 0.4) is 0 Å². The Morgan fingerprint density at radius 3 is 2.75 bits per heavy atom. The standard InChI is InChI=1S/C11H15BrN2O2/c1-14-10(12)8(6-9(15)16)13-11(14)7-4-2-3-5-7/h7H,2-6H2,1H3,(H,15,16). The van der Waals surface area contributed by atoms with E-state index in [1.165, 1.54) is 25.7 Å². The number of nitrogens with zero attached hydrogens (tertiary/aromatic N) is 2. The first-order chi connectivity index (χ1) is 7.59. The second-order valence-electron chi connectivity index (χ2n) is 4.32. The van der Waals surface area contributed by atoms with Crippen LogP contribution in [0, 0.1) is 0 Å². The molecule has 0 aromatic carbocycles. The van der Waals surface area contributed by atoms with Crippen LogP contribution in [0.15, 0.2) is 4.60 Å². The molecule has 1 aliphatic rings. The van der Waals surface area contributed by atoms with Gasteiger partial charge in [-0.25, -0.2) is 4.98 Å². The second-order valence-corrected chi connectivity index (χ2v) is 5.07. The van der Waals surface area contributed by atoms with Gasteiger partial charge in [-0.15, -0.1) is 0 Å². The molecule has 0 bridgehead atoms. The van der Waals surface area contributed by atoms with Crippen LogP contribution in [0.4, 0.5) is 0 Å². The van der Waals surface area contributed by atoms with Gasteiger partial charge in [0.05, 0.1) is 12.1 Å². The molecular formula is C11H15BrN2O2. The monoisotopic (exact) mass is 286 g/mol. The average Bonchev–Trinajstić information content (AvgIpc) is 2.81. The van der Waals surface area contributed by atoms with E-state index in [1.807, 2.05) is 11.6 Å². The first-order valence-electron chi connectivity index (χ1n) is 5.52. The third-order valence-electron chi connectivity index (χ3n) is 3.16. The third kappa shape index (κ3) is 2.14. The lowest BCUT2D eigenvalue weighted by Crippen LogP contribution is -2.02. The number of carbonyl (C=O) groups is 1. The normalized spacial score (nSPS) is 16.9. The number of halogens is 1. The van der Waals surface area contributed by atoms with E-state index in [2.05, 4.69) is 20.9 Å². The van der Waals surface area contributed by atoms with E-state index in [1.54, 1.807) is 0 Å². The summed E-state index contributed by atoms with van der Waals surface area (Å²) in [6.45, 7) is 0. The molecule has 1 heterocycles. The van der Waals surface area contributed by atoms with E-state index >= 15 is 0 Å². The van der Waals surface area contributed by atoms with E-state index < -0.39 is 5.97 Å². The molecule has 0 saturated heterocycles. The smallest absolute Gasteiger partial charge is 0.309 e. The molecule has 0 aliphatic heterocycles. The third-order valence-corrected chi connectivity index (χ3v) is 4.15. The van der Waals surface area contributed by atoms with Crippen LogP contribution in [-0.2, 0) is 18.3 Å². The van der Waals surface area contributed by atoms with Crippen molar-refractivity contribution in [1.82, 2.24) is 9.55 Å². The fourth-order valence-corrected chi connectivity index (χ4v) is 2.77. The van der Waals surface area contributed by atoms with Crippen molar-refractivity contribution in [3.8, 4) is 0 Å². The number of hydrogen-bond acceptors (Lipinski definition) is 2. The van der Waals surface area contributed by atoms with Gasteiger partial charge in [0.2, 0.25) is 0 Å². The van der Waals surface area contributed by atoms with Crippen LogP contribution in [0.25, 0.3) is 0 Å². The van der Waals surface area contributed by atoms with Crippen LogP contribution in [0.1, 0.15) is 43.1 Å². The predicted octanol–water partition coefficient (Wildman–Crippen LogP) is 2.47. The zero-order valence-electron chi connectivity index (χ0n) is 9.24. The molecule has 1 aliphatic carbocycles. The van der Waals surface area contributed by atoms with Crippen LogP contribution in [-0.4, -0.2) is 20.6 Å². The summed E-state index contributed by atoms with van der Waals surface area (Å²) in [7, 11) is 1.94. The molecule has 1 saturated carbocycles. The molecule has 2 rings (SSSR count). The maximum absolute atomic E-state index is 10.7. The highest BCUT2D eigenvalue weighted by Gasteiger charge is 2.24. The first kappa shape index (κ1) is 11.6. The molecule has 0 unspecified atom stereocenters. The van der Waals surface area contributed by atoms with Gasteiger partial charge >= 0.3 is 5.97 Å². The highest BCUT2D eigenvalue weighted by Crippen LogP contribution is 2.35. The number of rotatable bonds is 3. The lowest BCUT2D eigenvalue weighted by Gasteiger charge is -2.08. The summed E-state index contributed by atoms with van der Waals surface area (Å²) in [5, 5.41) is 8.79. The van der Waals surface area contributed by atoms with Gasteiger partial charge in [0.15, 0.2) is 0 Å². The Bertz CT molecular complexity index is 408. The molecule has 88 valence electrons. The topological polar surface area (TPSA) is 55.1 Å². The maximum Gasteiger partial charge on any atom is 0.309 e. The van der Waals surface area contributed by atoms with Gasteiger partial charge in [0.25, 0.3) is 0 Å². The Balaban J connectivity index is 2.28. The molecular weight excluding hydrogens is 272 g/mol. The number of imidazole rings is 1. The van der Waals surface area contributed by atoms with Crippen molar-refractivity contribution in [1.29, 1.82) is 0 Å². The largest absolute Gasteiger partial charge is 0.481 e. The molecule has 5 heteroatoms. The molecule has 4 nitrogen and oxygen atoms in total. The van der Waals surface area contributed by atoms with Gasteiger partial charge in [-0.1, -0.05) is 12.8 Å². The number of hydrogen-bond donors (Lipinski definition) is 1. The molecule has 0 radical (unpaired) electrons. The molecule has 0 spiro atoms. The highest BCUT2D eigenvalue weighted by molar-refractivity contribution is 9.10. The van der Waals surface area contributed by atoms with Crippen molar-refractivity contribution in [2.24, 2.45) is 7.05 Å². The maximum atomic E-state index is 10.7. The van der Waals surface area contributed by atoms with Gasteiger partial charge in [-0.2, -0.15) is 0 Å². The number of carboxylic acids is 1. The first-order valence-corrected chi connectivity index (χ1v) is 6.31. The quantitative estimate of drug-likeness (QED) is 0.929. The molecule has 0 amide bonds. The van der Waals surface area contributed by atoms with Crippen LogP contribution in [0.5, 0.6) is 0 Å². The van der Waals surface area contributed by atoms with Gasteiger partial charge in [-0.05, 0) is 28.8 Å². The summed E-state index contributed by atoms with van der Waals surface area (Å²) in [5.74, 6) is 0.696. The molecule has 1 N–H and O–H groups in total. The van der Waals surface area contributed by atoms with Crippen molar-refractivity contribution < 1.29 is 9.90 Å². The Morgan fingerprint density at radius 2 is 2.19 bits per heavy atom.